The Morgan fingerprint density at radius 1 is 1.16 bits per heavy atom. The fourth-order valence-corrected chi connectivity index (χ4v) is 4.19. The molecule has 3 atom stereocenters. The number of thiocarbonyl (C=S) groups is 1. The van der Waals surface area contributed by atoms with E-state index in [0.29, 0.717) is 5.56 Å². The Morgan fingerprint density at radius 2 is 1.84 bits per heavy atom. The van der Waals surface area contributed by atoms with Crippen LogP contribution in [0.3, 0.4) is 0 Å². The van der Waals surface area contributed by atoms with Crippen molar-refractivity contribution in [2.75, 3.05) is 7.11 Å². The van der Waals surface area contributed by atoms with Gasteiger partial charge in [0.1, 0.15) is 32.5 Å². The van der Waals surface area contributed by atoms with Gasteiger partial charge in [0.15, 0.2) is 0 Å². The van der Waals surface area contributed by atoms with Crippen molar-refractivity contribution in [1.82, 2.24) is 15.6 Å². The van der Waals surface area contributed by atoms with Crippen LogP contribution in [-0.4, -0.2) is 64.2 Å². The third-order valence-corrected chi connectivity index (χ3v) is 6.42. The highest BCUT2D eigenvalue weighted by atomic mass is 32.1. The number of carbonyl (C=O) groups is 3. The van der Waals surface area contributed by atoms with Gasteiger partial charge in [-0.05, 0) is 38.3 Å². The number of amides is 2. The number of alkyl halides is 3. The van der Waals surface area contributed by atoms with E-state index in [1.807, 2.05) is 0 Å². The third kappa shape index (κ3) is 9.61. The molecule has 2 amide bonds. The highest BCUT2D eigenvalue weighted by Gasteiger charge is 2.33. The molecule has 1 aromatic heterocycles. The molecule has 9 nitrogen and oxygen atoms in total. The van der Waals surface area contributed by atoms with Gasteiger partial charge >= 0.3 is 6.18 Å². The Hall–Kier alpha value is -3.17. The minimum atomic E-state index is -4.60. The zero-order chi connectivity index (χ0) is 28.6. The lowest BCUT2D eigenvalue weighted by molar-refractivity contribution is -0.140. The number of ether oxygens (including phenoxy) is 1. The molecule has 1 aromatic carbocycles. The van der Waals surface area contributed by atoms with Crippen LogP contribution in [0, 0.1) is 5.82 Å². The second-order valence-electron chi connectivity index (χ2n) is 8.31. The number of carbonyl (C=O) groups excluding carboxylic acids is 3. The average molecular weight is 579 g/mol. The van der Waals surface area contributed by atoms with Crippen molar-refractivity contribution < 1.29 is 41.8 Å². The third-order valence-electron chi connectivity index (χ3n) is 5.17. The van der Waals surface area contributed by atoms with Gasteiger partial charge in [0.25, 0.3) is 5.91 Å². The average Bonchev–Trinajstić information content (AvgIpc) is 3.33. The van der Waals surface area contributed by atoms with E-state index in [1.165, 1.54) is 38.4 Å². The van der Waals surface area contributed by atoms with Crippen LogP contribution in [0.1, 0.15) is 42.3 Å². The van der Waals surface area contributed by atoms with E-state index in [0.717, 1.165) is 11.3 Å². The van der Waals surface area contributed by atoms with E-state index >= 15 is 0 Å². The number of nitrogens with one attached hydrogen (secondary N) is 2. The predicted molar refractivity (Wildman–Crippen MR) is 135 cm³/mol. The molecule has 0 bridgehead atoms. The number of methoxy groups -OCH3 is 1. The molecule has 5 N–H and O–H groups in total. The SMILES string of the molecule is COc1cc(F)cc(-c2ncc(C(=O)N[C@@H](CCC(C)O)C(=O)N[C@@H](CCC(F)(F)F)C(=O)C(N)=S)s2)c1. The number of nitrogens with zero attached hydrogens (tertiary/aromatic N) is 1. The number of aliphatic hydroxyl groups is 1. The van der Waals surface area contributed by atoms with Gasteiger partial charge in [-0.15, -0.1) is 11.3 Å². The first-order chi connectivity index (χ1) is 17.7. The van der Waals surface area contributed by atoms with Crippen molar-refractivity contribution in [2.45, 2.75) is 57.0 Å². The number of hydrogen-bond acceptors (Lipinski definition) is 8. The molecule has 0 spiro atoms. The minimum Gasteiger partial charge on any atom is -0.497 e. The summed E-state index contributed by atoms with van der Waals surface area (Å²) in [7, 11) is 1.36. The zero-order valence-electron chi connectivity index (χ0n) is 20.3. The lowest BCUT2D eigenvalue weighted by Crippen LogP contribution is -2.53. The molecule has 0 fully saturated rings. The van der Waals surface area contributed by atoms with Gasteiger partial charge in [0.05, 0.1) is 25.5 Å². The molecular weight excluding hydrogens is 552 g/mol. The lowest BCUT2D eigenvalue weighted by atomic mass is 10.0. The Morgan fingerprint density at radius 3 is 2.42 bits per heavy atom. The quantitative estimate of drug-likeness (QED) is 0.210. The molecule has 0 aliphatic heterocycles. The largest absolute Gasteiger partial charge is 0.497 e. The monoisotopic (exact) mass is 578 g/mol. The number of Topliss-reactive ketones (excluding diaryl/α,β-unsaturated/α-hetero) is 1. The van der Waals surface area contributed by atoms with Gasteiger partial charge in [-0.3, -0.25) is 14.4 Å². The van der Waals surface area contributed by atoms with Gasteiger partial charge in [0.2, 0.25) is 11.7 Å². The molecular formula is C23H26F4N4O5S2. The van der Waals surface area contributed by atoms with Gasteiger partial charge in [-0.2, -0.15) is 13.2 Å². The van der Waals surface area contributed by atoms with Crippen LogP contribution in [0.15, 0.2) is 24.4 Å². The first-order valence-electron chi connectivity index (χ1n) is 11.2. The summed E-state index contributed by atoms with van der Waals surface area (Å²) in [6.07, 6.45) is -6.50. The number of thiazole rings is 1. The summed E-state index contributed by atoms with van der Waals surface area (Å²) < 4.78 is 57.1. The van der Waals surface area contributed by atoms with Crippen molar-refractivity contribution in [3.63, 3.8) is 0 Å². The summed E-state index contributed by atoms with van der Waals surface area (Å²) in [6.45, 7) is 1.45. The number of rotatable bonds is 13. The molecule has 208 valence electrons. The first-order valence-corrected chi connectivity index (χ1v) is 12.4. The van der Waals surface area contributed by atoms with Crippen molar-refractivity contribution in [1.29, 1.82) is 0 Å². The van der Waals surface area contributed by atoms with Crippen molar-refractivity contribution >= 4 is 46.1 Å². The Kier molecular flexibility index (Phi) is 11.1. The lowest BCUT2D eigenvalue weighted by Gasteiger charge is -2.23. The Balaban J connectivity index is 2.22. The Labute approximate surface area is 224 Å². The van der Waals surface area contributed by atoms with Crippen LogP contribution in [-0.2, 0) is 9.59 Å². The molecule has 38 heavy (non-hydrogen) atoms. The van der Waals surface area contributed by atoms with Crippen molar-refractivity contribution in [3.8, 4) is 16.3 Å². The molecule has 0 saturated heterocycles. The predicted octanol–water partition coefficient (Wildman–Crippen LogP) is 2.90. The number of nitrogens with two attached hydrogens (primary N) is 1. The maximum absolute atomic E-state index is 13.9. The van der Waals surface area contributed by atoms with E-state index in [9.17, 15) is 37.1 Å². The summed E-state index contributed by atoms with van der Waals surface area (Å²) >= 11 is 5.46. The molecule has 2 rings (SSSR count). The number of halogens is 4. The second kappa shape index (κ2) is 13.6. The number of aliphatic hydroxyl groups excluding tert-OH is 1. The van der Waals surface area contributed by atoms with Crippen LogP contribution in [0.25, 0.3) is 10.6 Å². The highest BCUT2D eigenvalue weighted by Crippen LogP contribution is 2.29. The van der Waals surface area contributed by atoms with E-state index in [-0.39, 0.29) is 28.5 Å². The summed E-state index contributed by atoms with van der Waals surface area (Å²) in [5.74, 6) is -3.12. The van der Waals surface area contributed by atoms with Crippen LogP contribution >= 0.6 is 23.6 Å². The number of benzene rings is 1. The standard InChI is InChI=1S/C23H26F4N4O5S2/c1-11(32)3-4-16(20(34)30-15(18(33)19(28)37)5-6-23(25,26)27)31-21(35)17-10-29-22(38-17)12-7-13(24)9-14(8-12)36-2/h7-11,15-16,32H,3-6H2,1-2H3,(H2,28,37)(H,30,34)(H,31,35)/t11?,15-,16-/m0/s1. The van der Waals surface area contributed by atoms with Crippen LogP contribution in [0.5, 0.6) is 5.75 Å². The fourth-order valence-electron chi connectivity index (χ4n) is 3.24. The summed E-state index contributed by atoms with van der Waals surface area (Å²) in [5.41, 5.74) is 5.62. The zero-order valence-corrected chi connectivity index (χ0v) is 21.9. The van der Waals surface area contributed by atoms with Gasteiger partial charge < -0.3 is 26.2 Å². The minimum absolute atomic E-state index is 0.0471. The molecule has 1 heterocycles. The van der Waals surface area contributed by atoms with Gasteiger partial charge in [-0.25, -0.2) is 9.37 Å². The summed E-state index contributed by atoms with van der Waals surface area (Å²) in [6, 6.07) is 0.889. The molecule has 1 unspecified atom stereocenters. The number of aromatic nitrogens is 1. The van der Waals surface area contributed by atoms with Crippen LogP contribution in [0.2, 0.25) is 0 Å². The van der Waals surface area contributed by atoms with Crippen LogP contribution < -0.4 is 21.1 Å². The maximum atomic E-state index is 13.9. The summed E-state index contributed by atoms with van der Waals surface area (Å²) in [5, 5.41) is 14.6. The number of hydrogen-bond donors (Lipinski definition) is 4. The van der Waals surface area contributed by atoms with E-state index in [2.05, 4.69) is 27.8 Å². The molecule has 0 aliphatic rings. The fraction of sp³-hybridized carbons (Fsp3) is 0.435. The van der Waals surface area contributed by atoms with E-state index in [4.69, 9.17) is 10.5 Å². The maximum Gasteiger partial charge on any atom is 0.389 e. The van der Waals surface area contributed by atoms with Crippen molar-refractivity contribution in [2.24, 2.45) is 5.73 Å². The topological polar surface area (TPSA) is 144 Å². The van der Waals surface area contributed by atoms with Crippen LogP contribution in [0.4, 0.5) is 17.6 Å². The van der Waals surface area contributed by atoms with Gasteiger partial charge in [-0.1, -0.05) is 12.2 Å². The number of ketones is 1. The molecule has 0 radical (unpaired) electrons. The molecule has 0 aliphatic carbocycles. The Bertz CT molecular complexity index is 1170. The van der Waals surface area contributed by atoms with Crippen molar-refractivity contribution in [3.05, 3.63) is 35.1 Å². The smallest absolute Gasteiger partial charge is 0.389 e. The molecule has 2 aromatic rings. The molecule has 0 saturated carbocycles. The highest BCUT2D eigenvalue weighted by molar-refractivity contribution is 7.82. The first kappa shape index (κ1) is 31.1. The van der Waals surface area contributed by atoms with E-state index in [1.54, 1.807) is 0 Å². The van der Waals surface area contributed by atoms with Gasteiger partial charge in [0, 0.05) is 18.1 Å². The second-order valence-corrected chi connectivity index (χ2v) is 9.78. The molecule has 15 heteroatoms. The normalized spacial score (nSPS) is 13.8. The summed E-state index contributed by atoms with van der Waals surface area (Å²) in [4.78, 5) is 41.5. The van der Waals surface area contributed by atoms with E-state index < -0.39 is 65.6 Å².